The summed E-state index contributed by atoms with van der Waals surface area (Å²) in [6, 6.07) is 15.6. The first-order valence-corrected chi connectivity index (χ1v) is 5.37. The van der Waals surface area contributed by atoms with E-state index >= 15 is 0 Å². The second-order valence-electron chi connectivity index (χ2n) is 3.56. The molecule has 2 rings (SSSR count). The monoisotopic (exact) mass is 229 g/mol. The number of methoxy groups -OCH3 is 2. The zero-order valence-corrected chi connectivity index (χ0v) is 9.94. The smallest absolute Gasteiger partial charge is 0.142 e. The molecule has 0 bridgehead atoms. The van der Waals surface area contributed by atoms with Gasteiger partial charge >= 0.3 is 0 Å². The molecule has 0 saturated carbocycles. The van der Waals surface area contributed by atoms with Crippen molar-refractivity contribution in [3.8, 4) is 11.5 Å². The van der Waals surface area contributed by atoms with Crippen LogP contribution in [0.25, 0.3) is 0 Å². The normalized spacial score (nSPS) is 9.76. The molecular weight excluding hydrogens is 214 g/mol. The van der Waals surface area contributed by atoms with E-state index in [1.54, 1.807) is 14.2 Å². The van der Waals surface area contributed by atoms with E-state index in [9.17, 15) is 0 Å². The number of nitrogens with one attached hydrogen (secondary N) is 1. The Labute approximate surface area is 101 Å². The highest BCUT2D eigenvalue weighted by molar-refractivity contribution is 5.67. The van der Waals surface area contributed by atoms with Crippen LogP contribution in [-0.4, -0.2) is 14.2 Å². The lowest BCUT2D eigenvalue weighted by molar-refractivity contribution is 0.405. The molecule has 0 fully saturated rings. The van der Waals surface area contributed by atoms with Crippen LogP contribution >= 0.6 is 0 Å². The van der Waals surface area contributed by atoms with Crippen molar-refractivity contribution in [1.82, 2.24) is 0 Å². The van der Waals surface area contributed by atoms with Crippen LogP contribution in [0.2, 0.25) is 0 Å². The van der Waals surface area contributed by atoms with Crippen molar-refractivity contribution in [2.24, 2.45) is 0 Å². The highest BCUT2D eigenvalue weighted by Gasteiger charge is 2.04. The fourth-order valence-corrected chi connectivity index (χ4v) is 1.59. The lowest BCUT2D eigenvalue weighted by Gasteiger charge is -2.12. The summed E-state index contributed by atoms with van der Waals surface area (Å²) in [6.07, 6.45) is 0. The van der Waals surface area contributed by atoms with Crippen LogP contribution in [0.1, 0.15) is 0 Å². The molecule has 0 heterocycles. The molecule has 2 aromatic carbocycles. The molecule has 0 aliphatic rings. The molecule has 0 spiro atoms. The van der Waals surface area contributed by atoms with E-state index in [1.807, 2.05) is 48.5 Å². The Kier molecular flexibility index (Phi) is 3.50. The standard InChI is InChI=1S/C14H15NO2/c1-16-12-8-9-14(17-2)13(10-12)15-11-6-4-3-5-7-11/h3-10,15H,1-2H3. The maximum Gasteiger partial charge on any atom is 0.142 e. The van der Waals surface area contributed by atoms with Gasteiger partial charge in [0.25, 0.3) is 0 Å². The summed E-state index contributed by atoms with van der Waals surface area (Å²) in [6.45, 7) is 0. The Morgan fingerprint density at radius 3 is 2.29 bits per heavy atom. The number of rotatable bonds is 4. The summed E-state index contributed by atoms with van der Waals surface area (Å²) in [5, 5.41) is 3.29. The summed E-state index contributed by atoms with van der Waals surface area (Å²) in [4.78, 5) is 0. The summed E-state index contributed by atoms with van der Waals surface area (Å²) in [5.41, 5.74) is 1.90. The lowest BCUT2D eigenvalue weighted by Crippen LogP contribution is -1.95. The molecule has 0 amide bonds. The van der Waals surface area contributed by atoms with Crippen molar-refractivity contribution < 1.29 is 9.47 Å². The van der Waals surface area contributed by atoms with Gasteiger partial charge in [0.15, 0.2) is 0 Å². The maximum absolute atomic E-state index is 5.30. The minimum absolute atomic E-state index is 0.787. The quantitative estimate of drug-likeness (QED) is 0.871. The molecule has 0 saturated heterocycles. The number of benzene rings is 2. The Balaban J connectivity index is 2.30. The second-order valence-corrected chi connectivity index (χ2v) is 3.56. The van der Waals surface area contributed by atoms with E-state index in [-0.39, 0.29) is 0 Å². The Morgan fingerprint density at radius 2 is 1.65 bits per heavy atom. The lowest BCUT2D eigenvalue weighted by atomic mass is 10.2. The SMILES string of the molecule is COc1ccc(OC)c(Nc2ccccc2)c1. The number of hydrogen-bond acceptors (Lipinski definition) is 3. The van der Waals surface area contributed by atoms with Crippen LogP contribution in [0, 0.1) is 0 Å². The van der Waals surface area contributed by atoms with Crippen LogP contribution < -0.4 is 14.8 Å². The molecule has 3 nitrogen and oxygen atoms in total. The van der Waals surface area contributed by atoms with Gasteiger partial charge in [-0.1, -0.05) is 18.2 Å². The van der Waals surface area contributed by atoms with Crippen LogP contribution in [0.3, 0.4) is 0 Å². The van der Waals surface area contributed by atoms with Crippen LogP contribution in [-0.2, 0) is 0 Å². The van der Waals surface area contributed by atoms with Crippen LogP contribution in [0.5, 0.6) is 11.5 Å². The van der Waals surface area contributed by atoms with Crippen LogP contribution in [0.4, 0.5) is 11.4 Å². The van der Waals surface area contributed by atoms with Gasteiger partial charge < -0.3 is 14.8 Å². The first kappa shape index (κ1) is 11.3. The van der Waals surface area contributed by atoms with Gasteiger partial charge in [-0.05, 0) is 24.3 Å². The van der Waals surface area contributed by atoms with Gasteiger partial charge in [-0.2, -0.15) is 0 Å². The fraction of sp³-hybridized carbons (Fsp3) is 0.143. The van der Waals surface area contributed by atoms with E-state index in [1.165, 1.54) is 0 Å². The predicted octanol–water partition coefficient (Wildman–Crippen LogP) is 3.45. The molecule has 0 unspecified atom stereocenters. The average molecular weight is 229 g/mol. The minimum atomic E-state index is 0.787. The van der Waals surface area contributed by atoms with Gasteiger partial charge in [0.05, 0.1) is 19.9 Å². The predicted molar refractivity (Wildman–Crippen MR) is 69.3 cm³/mol. The minimum Gasteiger partial charge on any atom is -0.497 e. The molecule has 2 aromatic rings. The molecule has 0 atom stereocenters. The molecule has 17 heavy (non-hydrogen) atoms. The van der Waals surface area contributed by atoms with Crippen molar-refractivity contribution in [2.75, 3.05) is 19.5 Å². The van der Waals surface area contributed by atoms with Gasteiger partial charge in [0.2, 0.25) is 0 Å². The number of hydrogen-bond donors (Lipinski definition) is 1. The number of ether oxygens (including phenoxy) is 2. The second kappa shape index (κ2) is 5.25. The molecular formula is C14H15NO2. The third-order valence-electron chi connectivity index (χ3n) is 2.46. The molecule has 88 valence electrons. The first-order chi connectivity index (χ1) is 8.33. The molecule has 3 heteroatoms. The third-order valence-corrected chi connectivity index (χ3v) is 2.46. The van der Waals surface area contributed by atoms with Crippen molar-refractivity contribution in [1.29, 1.82) is 0 Å². The maximum atomic E-state index is 5.30. The van der Waals surface area contributed by atoms with Gasteiger partial charge in [0, 0.05) is 11.8 Å². The van der Waals surface area contributed by atoms with Crippen molar-refractivity contribution >= 4 is 11.4 Å². The summed E-state index contributed by atoms with van der Waals surface area (Å²) in [7, 11) is 3.30. The Hall–Kier alpha value is -2.16. The Bertz CT molecular complexity index is 483. The van der Waals surface area contributed by atoms with Gasteiger partial charge in [-0.15, -0.1) is 0 Å². The van der Waals surface area contributed by atoms with Gasteiger partial charge in [-0.25, -0.2) is 0 Å². The van der Waals surface area contributed by atoms with E-state index in [2.05, 4.69) is 5.32 Å². The zero-order valence-electron chi connectivity index (χ0n) is 9.94. The molecule has 1 N–H and O–H groups in total. The van der Waals surface area contributed by atoms with Crippen molar-refractivity contribution in [3.63, 3.8) is 0 Å². The van der Waals surface area contributed by atoms with E-state index in [0.717, 1.165) is 22.9 Å². The van der Waals surface area contributed by atoms with Gasteiger partial charge in [-0.3, -0.25) is 0 Å². The van der Waals surface area contributed by atoms with Crippen molar-refractivity contribution in [2.45, 2.75) is 0 Å². The van der Waals surface area contributed by atoms with E-state index in [4.69, 9.17) is 9.47 Å². The highest BCUT2D eigenvalue weighted by Crippen LogP contribution is 2.31. The molecule has 0 radical (unpaired) electrons. The third kappa shape index (κ3) is 2.69. The largest absolute Gasteiger partial charge is 0.497 e. The number of para-hydroxylation sites is 1. The topological polar surface area (TPSA) is 30.5 Å². The Morgan fingerprint density at radius 1 is 0.882 bits per heavy atom. The molecule has 0 aliphatic carbocycles. The molecule has 0 aromatic heterocycles. The van der Waals surface area contributed by atoms with Crippen LogP contribution in [0.15, 0.2) is 48.5 Å². The van der Waals surface area contributed by atoms with E-state index in [0.29, 0.717) is 0 Å². The first-order valence-electron chi connectivity index (χ1n) is 5.37. The molecule has 0 aliphatic heterocycles. The zero-order chi connectivity index (χ0) is 12.1. The summed E-state index contributed by atoms with van der Waals surface area (Å²) in [5.74, 6) is 1.58. The summed E-state index contributed by atoms with van der Waals surface area (Å²) >= 11 is 0. The van der Waals surface area contributed by atoms with Crippen molar-refractivity contribution in [3.05, 3.63) is 48.5 Å². The van der Waals surface area contributed by atoms with Gasteiger partial charge in [0.1, 0.15) is 11.5 Å². The highest BCUT2D eigenvalue weighted by atomic mass is 16.5. The summed E-state index contributed by atoms with van der Waals surface area (Å²) < 4.78 is 10.5. The number of anilines is 2. The van der Waals surface area contributed by atoms with E-state index < -0.39 is 0 Å². The average Bonchev–Trinajstić information content (AvgIpc) is 2.40. The fourth-order valence-electron chi connectivity index (χ4n) is 1.59.